The first-order valence-electron chi connectivity index (χ1n) is 6.03. The number of rotatable bonds is 5. The molecule has 18 heavy (non-hydrogen) atoms. The Morgan fingerprint density at radius 2 is 2.22 bits per heavy atom. The summed E-state index contributed by atoms with van der Waals surface area (Å²) < 4.78 is 1.06. The van der Waals surface area contributed by atoms with Crippen molar-refractivity contribution in [1.29, 1.82) is 0 Å². The molecule has 1 aromatic carbocycles. The zero-order valence-electron chi connectivity index (χ0n) is 10.5. The molecule has 0 aliphatic rings. The maximum atomic E-state index is 4.27. The summed E-state index contributed by atoms with van der Waals surface area (Å²) in [5.41, 5.74) is 1.11. The van der Waals surface area contributed by atoms with E-state index in [1.54, 1.807) is 11.3 Å². The molecular weight excluding hydrogens is 310 g/mol. The molecule has 0 saturated carbocycles. The Bertz CT molecular complexity index is 512. The maximum absolute atomic E-state index is 4.27. The van der Waals surface area contributed by atoms with Gasteiger partial charge in [-0.05, 0) is 32.0 Å². The van der Waals surface area contributed by atoms with Crippen LogP contribution in [0.1, 0.15) is 31.3 Å². The van der Waals surface area contributed by atoms with Crippen LogP contribution in [-0.2, 0) is 0 Å². The van der Waals surface area contributed by atoms with Gasteiger partial charge in [-0.2, -0.15) is 0 Å². The molecule has 96 valence electrons. The van der Waals surface area contributed by atoms with Gasteiger partial charge >= 0.3 is 0 Å². The van der Waals surface area contributed by atoms with Gasteiger partial charge in [0.2, 0.25) is 0 Å². The van der Waals surface area contributed by atoms with Crippen molar-refractivity contribution in [1.82, 2.24) is 15.5 Å². The average molecular weight is 326 g/mol. The van der Waals surface area contributed by atoms with Gasteiger partial charge in [-0.3, -0.25) is 0 Å². The summed E-state index contributed by atoms with van der Waals surface area (Å²) in [4.78, 5) is 0. The van der Waals surface area contributed by atoms with Gasteiger partial charge in [-0.25, -0.2) is 0 Å². The number of benzene rings is 1. The first-order valence-corrected chi connectivity index (χ1v) is 7.64. The predicted octanol–water partition coefficient (Wildman–Crippen LogP) is 4.03. The van der Waals surface area contributed by atoms with Crippen LogP contribution in [0.3, 0.4) is 0 Å². The topological polar surface area (TPSA) is 37.8 Å². The zero-order chi connectivity index (χ0) is 13.0. The normalized spacial score (nSPS) is 12.6. The van der Waals surface area contributed by atoms with E-state index < -0.39 is 0 Å². The smallest absolute Gasteiger partial charge is 0.147 e. The van der Waals surface area contributed by atoms with Crippen LogP contribution in [-0.4, -0.2) is 16.7 Å². The van der Waals surface area contributed by atoms with Gasteiger partial charge in [0.15, 0.2) is 0 Å². The molecule has 0 aliphatic carbocycles. The minimum atomic E-state index is 0.267. The molecule has 0 saturated heterocycles. The fourth-order valence-corrected chi connectivity index (χ4v) is 2.86. The van der Waals surface area contributed by atoms with Crippen LogP contribution in [0.25, 0.3) is 10.6 Å². The van der Waals surface area contributed by atoms with Gasteiger partial charge in [0.1, 0.15) is 10.0 Å². The number of halogens is 1. The monoisotopic (exact) mass is 325 g/mol. The lowest BCUT2D eigenvalue weighted by atomic mass is 10.2. The van der Waals surface area contributed by atoms with Crippen LogP contribution in [0.2, 0.25) is 0 Å². The van der Waals surface area contributed by atoms with Crippen LogP contribution in [0.4, 0.5) is 0 Å². The SMILES string of the molecule is CCCNC(C)c1nnc(-c2cccc(Br)c2)s1. The molecular formula is C13H16BrN3S. The Morgan fingerprint density at radius 3 is 2.94 bits per heavy atom. The maximum Gasteiger partial charge on any atom is 0.147 e. The van der Waals surface area contributed by atoms with Crippen LogP contribution < -0.4 is 5.32 Å². The molecule has 1 atom stereocenters. The van der Waals surface area contributed by atoms with Crippen molar-refractivity contribution >= 4 is 27.3 Å². The number of aromatic nitrogens is 2. The Labute approximate surface area is 120 Å². The van der Waals surface area contributed by atoms with E-state index in [0.717, 1.165) is 33.0 Å². The van der Waals surface area contributed by atoms with Gasteiger partial charge in [0.05, 0.1) is 6.04 Å². The molecule has 0 aliphatic heterocycles. The summed E-state index contributed by atoms with van der Waals surface area (Å²) >= 11 is 5.12. The van der Waals surface area contributed by atoms with E-state index in [1.165, 1.54) is 0 Å². The summed E-state index contributed by atoms with van der Waals surface area (Å²) in [5.74, 6) is 0. The average Bonchev–Trinajstić information content (AvgIpc) is 2.85. The van der Waals surface area contributed by atoms with Crippen LogP contribution >= 0.6 is 27.3 Å². The number of nitrogens with zero attached hydrogens (tertiary/aromatic N) is 2. The van der Waals surface area contributed by atoms with Crippen LogP contribution in [0.5, 0.6) is 0 Å². The second-order valence-corrected chi connectivity index (χ2v) is 6.06. The van der Waals surface area contributed by atoms with Crippen molar-refractivity contribution in [3.63, 3.8) is 0 Å². The van der Waals surface area contributed by atoms with Gasteiger partial charge in [0, 0.05) is 10.0 Å². The van der Waals surface area contributed by atoms with E-state index >= 15 is 0 Å². The molecule has 2 aromatic rings. The molecule has 2 rings (SSSR count). The minimum Gasteiger partial charge on any atom is -0.308 e. The Balaban J connectivity index is 2.15. The molecule has 1 N–H and O–H groups in total. The molecule has 0 spiro atoms. The minimum absolute atomic E-state index is 0.267. The Morgan fingerprint density at radius 1 is 1.39 bits per heavy atom. The lowest BCUT2D eigenvalue weighted by molar-refractivity contribution is 0.564. The van der Waals surface area contributed by atoms with Gasteiger partial charge in [0.25, 0.3) is 0 Å². The van der Waals surface area contributed by atoms with Crippen molar-refractivity contribution in [2.45, 2.75) is 26.3 Å². The quantitative estimate of drug-likeness (QED) is 0.901. The van der Waals surface area contributed by atoms with Crippen molar-refractivity contribution in [3.8, 4) is 10.6 Å². The number of hydrogen-bond donors (Lipinski definition) is 1. The molecule has 0 radical (unpaired) electrons. The van der Waals surface area contributed by atoms with Crippen LogP contribution in [0, 0.1) is 0 Å². The number of nitrogens with one attached hydrogen (secondary N) is 1. The summed E-state index contributed by atoms with van der Waals surface area (Å²) in [5, 5.41) is 14.0. The molecule has 1 heterocycles. The second-order valence-electron chi connectivity index (χ2n) is 4.13. The van der Waals surface area contributed by atoms with Gasteiger partial charge in [-0.1, -0.05) is 46.3 Å². The van der Waals surface area contributed by atoms with Crippen molar-refractivity contribution in [2.75, 3.05) is 6.54 Å². The third-order valence-electron chi connectivity index (χ3n) is 2.58. The Hall–Kier alpha value is -0.780. The number of hydrogen-bond acceptors (Lipinski definition) is 4. The lowest BCUT2D eigenvalue weighted by Crippen LogP contribution is -2.18. The largest absolute Gasteiger partial charge is 0.308 e. The third-order valence-corrected chi connectivity index (χ3v) is 4.23. The van der Waals surface area contributed by atoms with E-state index in [9.17, 15) is 0 Å². The van der Waals surface area contributed by atoms with E-state index in [2.05, 4.69) is 57.4 Å². The highest BCUT2D eigenvalue weighted by atomic mass is 79.9. The highest BCUT2D eigenvalue weighted by molar-refractivity contribution is 9.10. The molecule has 1 unspecified atom stereocenters. The highest BCUT2D eigenvalue weighted by Crippen LogP contribution is 2.28. The predicted molar refractivity (Wildman–Crippen MR) is 79.8 cm³/mol. The van der Waals surface area contributed by atoms with Crippen molar-refractivity contribution < 1.29 is 0 Å². The van der Waals surface area contributed by atoms with E-state index in [-0.39, 0.29) is 6.04 Å². The van der Waals surface area contributed by atoms with Gasteiger partial charge in [-0.15, -0.1) is 10.2 Å². The second kappa shape index (κ2) is 6.41. The first kappa shape index (κ1) is 13.6. The standard InChI is InChI=1S/C13H16BrN3S/c1-3-7-15-9(2)12-16-17-13(18-12)10-5-4-6-11(14)8-10/h4-6,8-9,15H,3,7H2,1-2H3. The van der Waals surface area contributed by atoms with Crippen molar-refractivity contribution in [2.24, 2.45) is 0 Å². The van der Waals surface area contributed by atoms with E-state index in [1.807, 2.05) is 12.1 Å². The first-order chi connectivity index (χ1) is 8.70. The zero-order valence-corrected chi connectivity index (χ0v) is 12.9. The molecule has 0 amide bonds. The fourth-order valence-electron chi connectivity index (χ4n) is 1.60. The highest BCUT2D eigenvalue weighted by Gasteiger charge is 2.12. The van der Waals surface area contributed by atoms with Crippen molar-refractivity contribution in [3.05, 3.63) is 33.7 Å². The molecule has 5 heteroatoms. The van der Waals surface area contributed by atoms with Crippen LogP contribution in [0.15, 0.2) is 28.7 Å². The Kier molecular flexibility index (Phi) is 4.86. The van der Waals surface area contributed by atoms with E-state index in [4.69, 9.17) is 0 Å². The molecule has 0 bridgehead atoms. The third kappa shape index (κ3) is 3.37. The summed E-state index contributed by atoms with van der Waals surface area (Å²) in [6, 6.07) is 8.41. The van der Waals surface area contributed by atoms with E-state index in [0.29, 0.717) is 0 Å². The summed E-state index contributed by atoms with van der Waals surface area (Å²) in [7, 11) is 0. The van der Waals surface area contributed by atoms with Gasteiger partial charge < -0.3 is 5.32 Å². The fraction of sp³-hybridized carbons (Fsp3) is 0.385. The molecule has 0 fully saturated rings. The summed E-state index contributed by atoms with van der Waals surface area (Å²) in [6.45, 7) is 5.29. The molecule has 3 nitrogen and oxygen atoms in total. The summed E-state index contributed by atoms with van der Waals surface area (Å²) in [6.07, 6.45) is 1.13. The lowest BCUT2D eigenvalue weighted by Gasteiger charge is -2.08. The molecule has 1 aromatic heterocycles.